The summed E-state index contributed by atoms with van der Waals surface area (Å²) in [4.78, 5) is 13.6. The van der Waals surface area contributed by atoms with E-state index in [0.717, 1.165) is 43.7 Å². The van der Waals surface area contributed by atoms with Crippen LogP contribution in [0, 0.1) is 5.82 Å². The van der Waals surface area contributed by atoms with Crippen LogP contribution in [0.3, 0.4) is 0 Å². The van der Waals surface area contributed by atoms with Gasteiger partial charge in [0.25, 0.3) is 0 Å². The molecule has 0 aliphatic carbocycles. The van der Waals surface area contributed by atoms with Gasteiger partial charge in [-0.1, -0.05) is 25.8 Å². The molecule has 1 fully saturated rings. The Kier molecular flexibility index (Phi) is 8.25. The van der Waals surface area contributed by atoms with Gasteiger partial charge in [0.15, 0.2) is 11.6 Å². The van der Waals surface area contributed by atoms with Gasteiger partial charge >= 0.3 is 5.97 Å². The van der Waals surface area contributed by atoms with E-state index in [2.05, 4.69) is 17.9 Å². The highest BCUT2D eigenvalue weighted by Gasteiger charge is 2.44. The first-order valence-corrected chi connectivity index (χ1v) is 10.6. The molecule has 0 unspecified atom stereocenters. The van der Waals surface area contributed by atoms with Gasteiger partial charge in [-0.3, -0.25) is 4.79 Å². The molecule has 0 saturated carbocycles. The van der Waals surface area contributed by atoms with Gasteiger partial charge < -0.3 is 14.7 Å². The maximum absolute atomic E-state index is 14.9. The highest BCUT2D eigenvalue weighted by molar-refractivity contribution is 7.99. The average molecular weight is 418 g/mol. The smallest absolute Gasteiger partial charge is 0.304 e. The zero-order valence-electron chi connectivity index (χ0n) is 15.8. The van der Waals surface area contributed by atoms with Crippen LogP contribution in [0.2, 0.25) is 0 Å². The van der Waals surface area contributed by atoms with Crippen LogP contribution in [0.5, 0.6) is 5.75 Å². The van der Waals surface area contributed by atoms with Gasteiger partial charge in [0, 0.05) is 22.4 Å². The number of likely N-dealkylation sites (tertiary alicyclic amines) is 1. The monoisotopic (exact) mass is 417 g/mol. The van der Waals surface area contributed by atoms with Crippen LogP contribution in [-0.4, -0.2) is 48.0 Å². The Labute approximate surface area is 171 Å². The van der Waals surface area contributed by atoms with Crippen molar-refractivity contribution in [1.29, 1.82) is 0 Å². The SMILES string of the molecule is CCCCCSc1ccc2c(c1F)OCC21CCN(CCC(=O)O)CC1.Cl. The highest BCUT2D eigenvalue weighted by Crippen LogP contribution is 2.48. The van der Waals surface area contributed by atoms with Crippen LogP contribution in [0.15, 0.2) is 17.0 Å². The van der Waals surface area contributed by atoms with Crippen LogP contribution >= 0.6 is 24.2 Å². The largest absolute Gasteiger partial charge is 0.489 e. The number of thioether (sulfide) groups is 1. The number of unbranched alkanes of at least 4 members (excludes halogenated alkanes) is 2. The fraction of sp³-hybridized carbons (Fsp3) is 0.650. The number of halogens is 2. The number of piperidine rings is 1. The number of fused-ring (bicyclic) bond motifs is 2. The summed E-state index contributed by atoms with van der Waals surface area (Å²) in [5, 5.41) is 8.84. The van der Waals surface area contributed by atoms with E-state index >= 15 is 0 Å². The molecule has 0 bridgehead atoms. The summed E-state index contributed by atoms with van der Waals surface area (Å²) in [5.74, 6) is 0.428. The van der Waals surface area contributed by atoms with Gasteiger partial charge in [0.05, 0.1) is 13.0 Å². The molecule has 2 aliphatic rings. The summed E-state index contributed by atoms with van der Waals surface area (Å²) in [6, 6.07) is 3.97. The van der Waals surface area contributed by atoms with E-state index in [1.165, 1.54) is 12.8 Å². The number of ether oxygens (including phenoxy) is 1. The second-order valence-electron chi connectivity index (χ2n) is 7.36. The molecular formula is C20H29ClFNO3S. The molecule has 1 N–H and O–H groups in total. The Hall–Kier alpha value is -0.980. The second-order valence-corrected chi connectivity index (χ2v) is 8.50. The quantitative estimate of drug-likeness (QED) is 0.489. The Morgan fingerprint density at radius 2 is 2.07 bits per heavy atom. The molecule has 0 amide bonds. The van der Waals surface area contributed by atoms with Crippen molar-refractivity contribution in [2.24, 2.45) is 0 Å². The van der Waals surface area contributed by atoms with E-state index in [4.69, 9.17) is 9.84 Å². The first-order chi connectivity index (χ1) is 12.6. The van der Waals surface area contributed by atoms with E-state index in [9.17, 15) is 9.18 Å². The summed E-state index contributed by atoms with van der Waals surface area (Å²) >= 11 is 1.58. The zero-order valence-corrected chi connectivity index (χ0v) is 17.5. The zero-order chi connectivity index (χ0) is 18.6. The molecule has 152 valence electrons. The normalized spacial score (nSPS) is 18.0. The third-order valence-corrected chi connectivity index (χ3v) is 6.71. The van der Waals surface area contributed by atoms with Crippen molar-refractivity contribution >= 4 is 30.1 Å². The fourth-order valence-corrected chi connectivity index (χ4v) is 4.85. The molecule has 4 nitrogen and oxygen atoms in total. The minimum Gasteiger partial charge on any atom is -0.489 e. The molecule has 7 heteroatoms. The summed E-state index contributed by atoms with van der Waals surface area (Å²) in [6.07, 6.45) is 5.41. The minimum atomic E-state index is -0.758. The number of carboxylic acids is 1. The molecule has 27 heavy (non-hydrogen) atoms. The van der Waals surface area contributed by atoms with Crippen molar-refractivity contribution in [1.82, 2.24) is 4.90 Å². The van der Waals surface area contributed by atoms with Crippen LogP contribution in [0.4, 0.5) is 4.39 Å². The van der Waals surface area contributed by atoms with Gasteiger partial charge in [-0.25, -0.2) is 4.39 Å². The third-order valence-electron chi connectivity index (χ3n) is 5.59. The Balaban J connectivity index is 0.00000261. The highest BCUT2D eigenvalue weighted by atomic mass is 35.5. The lowest BCUT2D eigenvalue weighted by atomic mass is 9.74. The number of nitrogens with zero attached hydrogens (tertiary/aromatic N) is 1. The van der Waals surface area contributed by atoms with Crippen LogP contribution in [0.25, 0.3) is 0 Å². The first kappa shape index (κ1) is 22.3. The van der Waals surface area contributed by atoms with Gasteiger partial charge in [-0.05, 0) is 44.2 Å². The minimum absolute atomic E-state index is 0. The van der Waals surface area contributed by atoms with Crippen molar-refractivity contribution in [2.45, 2.75) is 55.8 Å². The molecule has 1 spiro atoms. The molecule has 3 rings (SSSR count). The lowest BCUT2D eigenvalue weighted by Crippen LogP contribution is -2.44. The van der Waals surface area contributed by atoms with E-state index in [0.29, 0.717) is 23.8 Å². The van der Waals surface area contributed by atoms with E-state index < -0.39 is 5.97 Å². The first-order valence-electron chi connectivity index (χ1n) is 9.58. The Morgan fingerprint density at radius 1 is 1.33 bits per heavy atom. The van der Waals surface area contributed by atoms with Crippen molar-refractivity contribution in [2.75, 3.05) is 32.0 Å². The second kappa shape index (κ2) is 9.99. The van der Waals surface area contributed by atoms with E-state index in [1.807, 2.05) is 6.07 Å². The number of benzene rings is 1. The summed E-state index contributed by atoms with van der Waals surface area (Å²) in [5.41, 5.74) is 0.896. The van der Waals surface area contributed by atoms with Gasteiger partial charge in [0.1, 0.15) is 0 Å². The topological polar surface area (TPSA) is 49.8 Å². The average Bonchev–Trinajstić information content (AvgIpc) is 2.99. The van der Waals surface area contributed by atoms with Gasteiger partial charge in [0.2, 0.25) is 0 Å². The molecule has 0 radical (unpaired) electrons. The maximum atomic E-state index is 14.9. The molecule has 2 heterocycles. The third kappa shape index (κ3) is 5.09. The molecular weight excluding hydrogens is 389 g/mol. The number of rotatable bonds is 8. The number of hydrogen-bond acceptors (Lipinski definition) is 4. The van der Waals surface area contributed by atoms with E-state index in [-0.39, 0.29) is 30.1 Å². The van der Waals surface area contributed by atoms with Crippen molar-refractivity contribution in [3.05, 3.63) is 23.5 Å². The molecule has 1 aromatic rings. The van der Waals surface area contributed by atoms with Crippen LogP contribution < -0.4 is 4.74 Å². The fourth-order valence-electron chi connectivity index (χ4n) is 3.90. The van der Waals surface area contributed by atoms with Crippen molar-refractivity contribution in [3.63, 3.8) is 0 Å². The van der Waals surface area contributed by atoms with Gasteiger partial charge in [-0.15, -0.1) is 24.2 Å². The van der Waals surface area contributed by atoms with Crippen LogP contribution in [0.1, 0.15) is 51.0 Å². The standard InChI is InChI=1S/C20H28FNO3S.ClH/c1-2-3-4-13-26-16-6-5-15-19(18(16)21)25-14-20(15)8-11-22(12-9-20)10-7-17(23)24;/h5-6H,2-4,7-14H2,1H3,(H,23,24);1H. The number of hydrogen-bond donors (Lipinski definition) is 1. The lowest BCUT2D eigenvalue weighted by molar-refractivity contribution is -0.137. The summed E-state index contributed by atoms with van der Waals surface area (Å²) in [6.45, 7) is 4.97. The van der Waals surface area contributed by atoms with Gasteiger partial charge in [-0.2, -0.15) is 0 Å². The number of carboxylic acid groups (broad SMARTS) is 1. The Morgan fingerprint density at radius 3 is 2.74 bits per heavy atom. The maximum Gasteiger partial charge on any atom is 0.304 e. The lowest BCUT2D eigenvalue weighted by Gasteiger charge is -2.38. The Bertz CT molecular complexity index is 650. The van der Waals surface area contributed by atoms with Crippen molar-refractivity contribution in [3.8, 4) is 5.75 Å². The molecule has 0 aromatic heterocycles. The molecule has 1 saturated heterocycles. The number of carbonyl (C=O) groups is 1. The summed E-state index contributed by atoms with van der Waals surface area (Å²) < 4.78 is 20.7. The molecule has 1 aromatic carbocycles. The number of aliphatic carboxylic acids is 1. The molecule has 0 atom stereocenters. The van der Waals surface area contributed by atoms with Crippen LogP contribution in [-0.2, 0) is 10.2 Å². The predicted octanol–water partition coefficient (Wildman–Crippen LogP) is 4.73. The molecule has 2 aliphatic heterocycles. The van der Waals surface area contributed by atoms with E-state index in [1.54, 1.807) is 11.8 Å². The summed E-state index contributed by atoms with van der Waals surface area (Å²) in [7, 11) is 0. The predicted molar refractivity (Wildman–Crippen MR) is 109 cm³/mol. The van der Waals surface area contributed by atoms with Crippen molar-refractivity contribution < 1.29 is 19.0 Å².